The van der Waals surface area contributed by atoms with Crippen molar-refractivity contribution < 1.29 is 9.21 Å². The molecule has 1 fully saturated rings. The fourth-order valence-corrected chi connectivity index (χ4v) is 4.38. The molecule has 5 nitrogen and oxygen atoms in total. The van der Waals surface area contributed by atoms with E-state index in [0.29, 0.717) is 12.3 Å². The van der Waals surface area contributed by atoms with Gasteiger partial charge in [-0.25, -0.2) is 4.98 Å². The topological polar surface area (TPSA) is 49.6 Å². The maximum atomic E-state index is 12.9. The first kappa shape index (κ1) is 18.9. The summed E-state index contributed by atoms with van der Waals surface area (Å²) in [5, 5.41) is 2.00. The van der Waals surface area contributed by atoms with Gasteiger partial charge in [0.25, 0.3) is 0 Å². The summed E-state index contributed by atoms with van der Waals surface area (Å²) < 4.78 is 5.78. The van der Waals surface area contributed by atoms with Crippen LogP contribution in [0.3, 0.4) is 0 Å². The van der Waals surface area contributed by atoms with Crippen LogP contribution in [0.25, 0.3) is 10.8 Å². The second-order valence-electron chi connectivity index (χ2n) is 7.33. The van der Waals surface area contributed by atoms with E-state index in [1.54, 1.807) is 11.3 Å². The Bertz CT molecular complexity index is 921. The van der Waals surface area contributed by atoms with E-state index in [1.165, 1.54) is 5.56 Å². The number of carbonyl (C=O) groups is 1. The molecule has 0 bridgehead atoms. The predicted molar refractivity (Wildman–Crippen MR) is 111 cm³/mol. The fourth-order valence-electron chi connectivity index (χ4n) is 3.73. The summed E-state index contributed by atoms with van der Waals surface area (Å²) in [7, 11) is 0. The summed E-state index contributed by atoms with van der Waals surface area (Å²) in [4.78, 5) is 22.9. The molecule has 4 rings (SSSR count). The molecule has 1 aliphatic rings. The molecule has 146 valence electrons. The van der Waals surface area contributed by atoms with Crippen LogP contribution in [-0.2, 0) is 17.8 Å². The van der Waals surface area contributed by atoms with Crippen molar-refractivity contribution in [3.8, 4) is 10.8 Å². The minimum atomic E-state index is 0.126. The zero-order valence-electron chi connectivity index (χ0n) is 16.3. The van der Waals surface area contributed by atoms with Crippen LogP contribution >= 0.6 is 11.3 Å². The molecule has 3 aromatic rings. The molecule has 2 aromatic heterocycles. The lowest BCUT2D eigenvalue weighted by atomic mass is 10.1. The summed E-state index contributed by atoms with van der Waals surface area (Å²) >= 11 is 1.59. The third kappa shape index (κ3) is 4.18. The maximum Gasteiger partial charge on any atom is 0.236 e. The van der Waals surface area contributed by atoms with E-state index < -0.39 is 0 Å². The lowest BCUT2D eigenvalue weighted by Crippen LogP contribution is -2.54. The summed E-state index contributed by atoms with van der Waals surface area (Å²) in [6.45, 7) is 7.47. The first-order valence-corrected chi connectivity index (χ1v) is 10.5. The molecule has 0 N–H and O–H groups in total. The molecule has 0 saturated carbocycles. The average Bonchev–Trinajstić information content (AvgIpc) is 3.33. The molecule has 1 amide bonds. The van der Waals surface area contributed by atoms with Gasteiger partial charge in [0.05, 0.1) is 17.0 Å². The number of aromatic nitrogens is 1. The smallest absolute Gasteiger partial charge is 0.236 e. The Balaban J connectivity index is 1.37. The monoisotopic (exact) mass is 395 g/mol. The van der Waals surface area contributed by atoms with Gasteiger partial charge in [0, 0.05) is 32.2 Å². The van der Waals surface area contributed by atoms with Gasteiger partial charge in [0.15, 0.2) is 0 Å². The minimum Gasteiger partial charge on any atom is -0.440 e. The van der Waals surface area contributed by atoms with E-state index in [-0.39, 0.29) is 11.9 Å². The standard InChI is InChI=1S/C22H25N3O2S/c1-16-14-24(15-18-7-4-3-5-8-18)10-11-25(16)21(26)13-19-17(2)27-22(23-19)20-9-6-12-28-20/h3-9,12,16H,10-11,13-15H2,1-2H3. The Hall–Kier alpha value is -2.44. The van der Waals surface area contributed by atoms with Crippen LogP contribution in [-0.4, -0.2) is 46.4 Å². The van der Waals surface area contributed by atoms with Crippen LogP contribution in [0.5, 0.6) is 0 Å². The van der Waals surface area contributed by atoms with E-state index >= 15 is 0 Å². The highest BCUT2D eigenvalue weighted by molar-refractivity contribution is 7.13. The molecular weight excluding hydrogens is 370 g/mol. The number of amides is 1. The minimum absolute atomic E-state index is 0.126. The second-order valence-corrected chi connectivity index (χ2v) is 8.28. The first-order chi connectivity index (χ1) is 13.6. The third-order valence-electron chi connectivity index (χ3n) is 5.22. The summed E-state index contributed by atoms with van der Waals surface area (Å²) in [5.74, 6) is 1.46. The number of rotatable bonds is 5. The maximum absolute atomic E-state index is 12.9. The Labute approximate surface area is 169 Å². The molecule has 0 spiro atoms. The normalized spacial score (nSPS) is 17.8. The van der Waals surface area contributed by atoms with Gasteiger partial charge in [-0.05, 0) is 30.9 Å². The van der Waals surface area contributed by atoms with Gasteiger partial charge in [-0.3, -0.25) is 9.69 Å². The number of carbonyl (C=O) groups excluding carboxylic acids is 1. The van der Waals surface area contributed by atoms with Crippen LogP contribution in [0.4, 0.5) is 0 Å². The number of hydrogen-bond donors (Lipinski definition) is 0. The Morgan fingerprint density at radius 1 is 1.21 bits per heavy atom. The first-order valence-electron chi connectivity index (χ1n) is 9.66. The van der Waals surface area contributed by atoms with Crippen LogP contribution in [0.15, 0.2) is 52.3 Å². The highest BCUT2D eigenvalue weighted by Crippen LogP contribution is 2.26. The number of oxazole rings is 1. The number of hydrogen-bond acceptors (Lipinski definition) is 5. The molecule has 0 radical (unpaired) electrons. The molecule has 28 heavy (non-hydrogen) atoms. The van der Waals surface area contributed by atoms with Crippen molar-refractivity contribution in [3.63, 3.8) is 0 Å². The molecule has 1 unspecified atom stereocenters. The van der Waals surface area contributed by atoms with Gasteiger partial charge in [-0.15, -0.1) is 11.3 Å². The summed E-state index contributed by atoms with van der Waals surface area (Å²) in [6.07, 6.45) is 0.295. The summed E-state index contributed by atoms with van der Waals surface area (Å²) in [6, 6.07) is 14.6. The predicted octanol–water partition coefficient (Wildman–Crippen LogP) is 3.99. The van der Waals surface area contributed by atoms with Gasteiger partial charge in [-0.2, -0.15) is 0 Å². The lowest BCUT2D eigenvalue weighted by molar-refractivity contribution is -0.135. The van der Waals surface area contributed by atoms with Gasteiger partial charge in [0.2, 0.25) is 11.8 Å². The van der Waals surface area contributed by atoms with E-state index in [4.69, 9.17) is 4.42 Å². The third-order valence-corrected chi connectivity index (χ3v) is 6.08. The molecule has 1 aliphatic heterocycles. The van der Waals surface area contributed by atoms with Gasteiger partial charge >= 0.3 is 0 Å². The van der Waals surface area contributed by atoms with E-state index in [9.17, 15) is 4.79 Å². The SMILES string of the molecule is Cc1oc(-c2cccs2)nc1CC(=O)N1CCN(Cc2ccccc2)CC1C. The van der Waals surface area contributed by atoms with Crippen LogP contribution in [0, 0.1) is 6.92 Å². The zero-order chi connectivity index (χ0) is 19.5. The van der Waals surface area contributed by atoms with Crippen LogP contribution in [0.1, 0.15) is 23.9 Å². The Kier molecular flexibility index (Phi) is 5.59. The van der Waals surface area contributed by atoms with Gasteiger partial charge in [0.1, 0.15) is 5.76 Å². The Morgan fingerprint density at radius 2 is 2.04 bits per heavy atom. The van der Waals surface area contributed by atoms with Gasteiger partial charge in [-0.1, -0.05) is 36.4 Å². The molecule has 1 aromatic carbocycles. The van der Waals surface area contributed by atoms with Crippen molar-refractivity contribution >= 4 is 17.2 Å². The van der Waals surface area contributed by atoms with Crippen LogP contribution < -0.4 is 0 Å². The quantitative estimate of drug-likeness (QED) is 0.656. The number of aryl methyl sites for hydroxylation is 1. The largest absolute Gasteiger partial charge is 0.440 e. The van der Waals surface area contributed by atoms with E-state index in [2.05, 4.69) is 41.1 Å². The van der Waals surface area contributed by atoms with E-state index in [1.807, 2.05) is 35.4 Å². The van der Waals surface area contributed by atoms with Crippen molar-refractivity contribution in [2.24, 2.45) is 0 Å². The lowest BCUT2D eigenvalue weighted by Gasteiger charge is -2.40. The molecular formula is C22H25N3O2S. The number of nitrogens with zero attached hydrogens (tertiary/aromatic N) is 3. The van der Waals surface area contributed by atoms with Crippen molar-refractivity contribution in [1.82, 2.24) is 14.8 Å². The highest BCUT2D eigenvalue weighted by atomic mass is 32.1. The van der Waals surface area contributed by atoms with Crippen LogP contribution in [0.2, 0.25) is 0 Å². The van der Waals surface area contributed by atoms with Crippen molar-refractivity contribution in [1.29, 1.82) is 0 Å². The molecule has 3 heterocycles. The van der Waals surface area contributed by atoms with E-state index in [0.717, 1.165) is 42.5 Å². The Morgan fingerprint density at radius 3 is 2.75 bits per heavy atom. The number of thiophene rings is 1. The highest BCUT2D eigenvalue weighted by Gasteiger charge is 2.28. The van der Waals surface area contributed by atoms with Gasteiger partial charge < -0.3 is 9.32 Å². The number of piperazine rings is 1. The average molecular weight is 396 g/mol. The second kappa shape index (κ2) is 8.29. The molecule has 6 heteroatoms. The molecule has 1 saturated heterocycles. The number of benzene rings is 1. The van der Waals surface area contributed by atoms with Crippen molar-refractivity contribution in [2.45, 2.75) is 32.9 Å². The molecule has 0 aliphatic carbocycles. The zero-order valence-corrected chi connectivity index (χ0v) is 17.1. The molecule has 1 atom stereocenters. The summed E-state index contributed by atoms with van der Waals surface area (Å²) in [5.41, 5.74) is 2.06. The fraction of sp³-hybridized carbons (Fsp3) is 0.364. The van der Waals surface area contributed by atoms with Crippen molar-refractivity contribution in [3.05, 3.63) is 64.9 Å². The van der Waals surface area contributed by atoms with Crippen molar-refractivity contribution in [2.75, 3.05) is 19.6 Å².